The van der Waals surface area contributed by atoms with E-state index in [9.17, 15) is 13.2 Å². The quantitative estimate of drug-likeness (QED) is 0.690. The molecule has 0 radical (unpaired) electrons. The first-order valence-corrected chi connectivity index (χ1v) is 7.96. The molecule has 0 N–H and O–H groups in total. The number of rotatable bonds is 8. The van der Waals surface area contributed by atoms with Gasteiger partial charge in [-0.15, -0.1) is 0 Å². The first kappa shape index (κ1) is 16.7. The number of carbonyl (C=O) groups is 1. The number of carbonyl (C=O) groups excluding carboxylic acids is 1. The molecule has 0 saturated heterocycles. The van der Waals surface area contributed by atoms with Crippen molar-refractivity contribution < 1.29 is 22.1 Å². The van der Waals surface area contributed by atoms with E-state index in [0.717, 1.165) is 0 Å². The summed E-state index contributed by atoms with van der Waals surface area (Å²) in [5, 5.41) is 0. The lowest BCUT2D eigenvalue weighted by atomic mass is 10.1. The second-order valence-electron chi connectivity index (χ2n) is 4.40. The third-order valence-corrected chi connectivity index (χ3v) is 4.22. The summed E-state index contributed by atoms with van der Waals surface area (Å²) in [5.41, 5.74) is 0. The average Bonchev–Trinajstić information content (AvgIpc) is 2.45. The molecule has 6 heteroatoms. The molecule has 0 aliphatic carbocycles. The molecule has 1 rings (SSSR count). The molecule has 20 heavy (non-hydrogen) atoms. The summed E-state index contributed by atoms with van der Waals surface area (Å²) in [7, 11) is -3.91. The molecule has 0 saturated carbocycles. The van der Waals surface area contributed by atoms with Crippen LogP contribution in [0.25, 0.3) is 0 Å². The normalized spacial score (nSPS) is 12.9. The van der Waals surface area contributed by atoms with Gasteiger partial charge in [0.05, 0.1) is 11.5 Å². The van der Waals surface area contributed by atoms with Crippen LogP contribution in [0.3, 0.4) is 0 Å². The predicted molar refractivity (Wildman–Crippen MR) is 75.2 cm³/mol. The molecule has 0 amide bonds. The maximum absolute atomic E-state index is 11.9. The number of Topliss-reactive ketones (excluding diaryl/α,β-unsaturated/α-hetero) is 1. The Morgan fingerprint density at radius 3 is 2.30 bits per heavy atom. The maximum atomic E-state index is 11.9. The molecule has 0 spiro atoms. The highest BCUT2D eigenvalue weighted by Crippen LogP contribution is 2.18. The van der Waals surface area contributed by atoms with Crippen LogP contribution in [-0.2, 0) is 19.1 Å². The van der Waals surface area contributed by atoms with Gasteiger partial charge in [-0.25, -0.2) is 0 Å². The van der Waals surface area contributed by atoms with Crippen LogP contribution in [0.1, 0.15) is 27.2 Å². The van der Waals surface area contributed by atoms with E-state index in [2.05, 4.69) is 0 Å². The summed E-state index contributed by atoms with van der Waals surface area (Å²) < 4.78 is 33.8. The lowest BCUT2D eigenvalue weighted by Crippen LogP contribution is -2.19. The van der Waals surface area contributed by atoms with Crippen molar-refractivity contribution in [2.24, 2.45) is 5.92 Å². The van der Waals surface area contributed by atoms with Crippen LogP contribution >= 0.6 is 0 Å². The summed E-state index contributed by atoms with van der Waals surface area (Å²) in [6.07, 6.45) is 0.658. The summed E-state index contributed by atoms with van der Waals surface area (Å²) >= 11 is 0. The van der Waals surface area contributed by atoms with Gasteiger partial charge in [-0.1, -0.05) is 13.8 Å². The van der Waals surface area contributed by atoms with Crippen LogP contribution in [0.5, 0.6) is 5.75 Å². The van der Waals surface area contributed by atoms with Gasteiger partial charge in [0.25, 0.3) is 10.1 Å². The van der Waals surface area contributed by atoms with Crippen molar-refractivity contribution in [3.8, 4) is 5.75 Å². The number of hydrogen-bond acceptors (Lipinski definition) is 5. The molecule has 0 fully saturated rings. The van der Waals surface area contributed by atoms with E-state index in [1.807, 2.05) is 13.8 Å². The third-order valence-electron chi connectivity index (χ3n) is 2.94. The Morgan fingerprint density at radius 2 is 1.80 bits per heavy atom. The minimum atomic E-state index is -3.91. The Hall–Kier alpha value is -1.40. The minimum Gasteiger partial charge on any atom is -0.494 e. The van der Waals surface area contributed by atoms with Crippen molar-refractivity contribution in [1.29, 1.82) is 0 Å². The Labute approximate surface area is 120 Å². The van der Waals surface area contributed by atoms with E-state index >= 15 is 0 Å². The van der Waals surface area contributed by atoms with Crippen molar-refractivity contribution in [2.75, 3.05) is 13.2 Å². The van der Waals surface area contributed by atoms with Gasteiger partial charge < -0.3 is 4.74 Å². The fourth-order valence-electron chi connectivity index (χ4n) is 1.44. The zero-order valence-corrected chi connectivity index (χ0v) is 12.8. The highest BCUT2D eigenvalue weighted by atomic mass is 32.2. The van der Waals surface area contributed by atoms with Crippen molar-refractivity contribution >= 4 is 15.9 Å². The van der Waals surface area contributed by atoms with Crippen LogP contribution < -0.4 is 4.74 Å². The summed E-state index contributed by atoms with van der Waals surface area (Å²) in [6, 6.07) is 5.90. The van der Waals surface area contributed by atoms with E-state index < -0.39 is 16.7 Å². The third kappa shape index (κ3) is 4.61. The number of benzene rings is 1. The lowest BCUT2D eigenvalue weighted by Gasteiger charge is -2.09. The molecular formula is C14H20O5S. The van der Waals surface area contributed by atoms with E-state index in [4.69, 9.17) is 8.92 Å². The zero-order valence-electron chi connectivity index (χ0n) is 12.0. The van der Waals surface area contributed by atoms with Crippen LogP contribution in [0.4, 0.5) is 0 Å². The Balaban J connectivity index is 2.71. The highest BCUT2D eigenvalue weighted by molar-refractivity contribution is 7.86. The zero-order chi connectivity index (χ0) is 15.2. The summed E-state index contributed by atoms with van der Waals surface area (Å²) in [4.78, 5) is 11.6. The van der Waals surface area contributed by atoms with Gasteiger partial charge in [0.15, 0.2) is 5.78 Å². The molecule has 5 nitrogen and oxygen atoms in total. The molecule has 0 bridgehead atoms. The average molecular weight is 300 g/mol. The van der Waals surface area contributed by atoms with Gasteiger partial charge in [0.2, 0.25) is 0 Å². The van der Waals surface area contributed by atoms with Gasteiger partial charge in [0.1, 0.15) is 12.4 Å². The Bertz CT molecular complexity index is 533. The fourth-order valence-corrected chi connectivity index (χ4v) is 2.32. The van der Waals surface area contributed by atoms with Crippen LogP contribution in [0, 0.1) is 5.92 Å². The second-order valence-corrected chi connectivity index (χ2v) is 6.01. The van der Waals surface area contributed by atoms with Gasteiger partial charge in [-0.05, 0) is 37.6 Å². The topological polar surface area (TPSA) is 69.7 Å². The minimum absolute atomic E-state index is 0.0119. The number of hydrogen-bond donors (Lipinski definition) is 0. The van der Waals surface area contributed by atoms with Crippen molar-refractivity contribution in [1.82, 2.24) is 0 Å². The van der Waals surface area contributed by atoms with Crippen LogP contribution in [0.15, 0.2) is 29.2 Å². The Morgan fingerprint density at radius 1 is 1.20 bits per heavy atom. The Kier molecular flexibility index (Phi) is 6.16. The monoisotopic (exact) mass is 300 g/mol. The SMILES string of the molecule is CCOc1ccc(S(=O)(=O)OCC(=O)C(C)CC)cc1. The standard InChI is InChI=1S/C14H20O5S/c1-4-11(3)14(15)10-19-20(16,17)13-8-6-12(7-9-13)18-5-2/h6-9,11H,4-5,10H2,1-3H3. The van der Waals surface area contributed by atoms with Crippen molar-refractivity contribution in [3.63, 3.8) is 0 Å². The molecule has 1 unspecified atom stereocenters. The molecule has 1 atom stereocenters. The second kappa shape index (κ2) is 7.40. The fraction of sp³-hybridized carbons (Fsp3) is 0.500. The van der Waals surface area contributed by atoms with Gasteiger partial charge in [-0.2, -0.15) is 8.42 Å². The van der Waals surface area contributed by atoms with Gasteiger partial charge in [-0.3, -0.25) is 8.98 Å². The molecule has 0 aromatic heterocycles. The molecule has 0 heterocycles. The van der Waals surface area contributed by atoms with Crippen molar-refractivity contribution in [3.05, 3.63) is 24.3 Å². The molecule has 0 aliphatic heterocycles. The highest BCUT2D eigenvalue weighted by Gasteiger charge is 2.19. The van der Waals surface area contributed by atoms with E-state index in [0.29, 0.717) is 18.8 Å². The van der Waals surface area contributed by atoms with E-state index in [1.165, 1.54) is 12.1 Å². The van der Waals surface area contributed by atoms with Gasteiger partial charge in [0, 0.05) is 5.92 Å². The lowest BCUT2D eigenvalue weighted by molar-refractivity contribution is -0.124. The predicted octanol–water partition coefficient (Wildman–Crippen LogP) is 2.41. The van der Waals surface area contributed by atoms with Crippen LogP contribution in [0.2, 0.25) is 0 Å². The molecular weight excluding hydrogens is 280 g/mol. The van der Waals surface area contributed by atoms with Crippen LogP contribution in [-0.4, -0.2) is 27.4 Å². The maximum Gasteiger partial charge on any atom is 0.297 e. The first-order chi connectivity index (χ1) is 9.40. The van der Waals surface area contributed by atoms with Gasteiger partial charge >= 0.3 is 0 Å². The summed E-state index contributed by atoms with van der Waals surface area (Å²) in [6.45, 7) is 5.53. The van der Waals surface area contributed by atoms with E-state index in [1.54, 1.807) is 19.1 Å². The van der Waals surface area contributed by atoms with E-state index in [-0.39, 0.29) is 16.6 Å². The molecule has 0 aliphatic rings. The smallest absolute Gasteiger partial charge is 0.297 e. The van der Waals surface area contributed by atoms with Crippen molar-refractivity contribution in [2.45, 2.75) is 32.1 Å². The molecule has 1 aromatic rings. The largest absolute Gasteiger partial charge is 0.494 e. The first-order valence-electron chi connectivity index (χ1n) is 6.55. The number of ketones is 1. The molecule has 112 valence electrons. The number of ether oxygens (including phenoxy) is 1. The summed E-state index contributed by atoms with van der Waals surface area (Å²) in [5.74, 6) is 0.162. The molecule has 1 aromatic carbocycles.